The molecule has 0 bridgehead atoms. The molecular weight excluding hydrogens is 474 g/mol. The third-order valence-corrected chi connectivity index (χ3v) is 4.46. The average Bonchev–Trinajstić information content (AvgIpc) is 3.02. The Kier molecular flexibility index (Phi) is 13.0. The topological polar surface area (TPSA) is 60.0 Å². The second-order valence-corrected chi connectivity index (χ2v) is 6.76. The van der Waals surface area contributed by atoms with Gasteiger partial charge in [-0.1, -0.05) is 6.92 Å². The SMILES string of the molecule is CCN1CCCC1CNC(=NCC(=O)N(C)C)NCCCCC(F)(F)F.I. The van der Waals surface area contributed by atoms with Crippen molar-refractivity contribution >= 4 is 35.8 Å². The minimum Gasteiger partial charge on any atom is -0.356 e. The third-order valence-electron chi connectivity index (χ3n) is 4.46. The molecule has 0 aliphatic carbocycles. The lowest BCUT2D eigenvalue weighted by atomic mass is 10.2. The second kappa shape index (κ2) is 13.4. The number of carbonyl (C=O) groups is 1. The van der Waals surface area contributed by atoms with E-state index in [2.05, 4.69) is 27.4 Å². The summed E-state index contributed by atoms with van der Waals surface area (Å²) in [5.41, 5.74) is 0. The lowest BCUT2D eigenvalue weighted by molar-refractivity contribution is -0.135. The molecule has 0 saturated carbocycles. The van der Waals surface area contributed by atoms with Gasteiger partial charge in [0.15, 0.2) is 5.96 Å². The molecule has 1 aliphatic heterocycles. The Bertz CT molecular complexity index is 460. The predicted octanol–water partition coefficient (Wildman–Crippen LogP) is 2.44. The molecular formula is C17H33F3IN5O. The second-order valence-electron chi connectivity index (χ2n) is 6.76. The van der Waals surface area contributed by atoms with E-state index in [1.807, 2.05) is 0 Å². The molecule has 0 aromatic rings. The largest absolute Gasteiger partial charge is 0.389 e. The number of alkyl halides is 3. The van der Waals surface area contributed by atoms with E-state index in [-0.39, 0.29) is 42.8 Å². The normalized spacial score (nSPS) is 18.1. The Morgan fingerprint density at radius 1 is 1.26 bits per heavy atom. The van der Waals surface area contributed by atoms with Crippen molar-refractivity contribution in [3.63, 3.8) is 0 Å². The molecule has 0 spiro atoms. The molecule has 0 aromatic carbocycles. The maximum absolute atomic E-state index is 12.2. The number of unbranched alkanes of at least 4 members (excludes halogenated alkanes) is 1. The number of carbonyl (C=O) groups excluding carboxylic acids is 1. The fraction of sp³-hybridized carbons (Fsp3) is 0.882. The lowest BCUT2D eigenvalue weighted by Gasteiger charge is -2.24. The molecule has 27 heavy (non-hydrogen) atoms. The quantitative estimate of drug-likeness (QED) is 0.218. The number of guanidine groups is 1. The summed E-state index contributed by atoms with van der Waals surface area (Å²) in [5.74, 6) is 0.356. The van der Waals surface area contributed by atoms with Gasteiger partial charge in [0.25, 0.3) is 0 Å². The third kappa shape index (κ3) is 11.6. The molecule has 0 aromatic heterocycles. The van der Waals surface area contributed by atoms with Gasteiger partial charge in [-0.2, -0.15) is 13.2 Å². The van der Waals surface area contributed by atoms with E-state index in [4.69, 9.17) is 0 Å². The van der Waals surface area contributed by atoms with E-state index in [1.54, 1.807) is 14.1 Å². The van der Waals surface area contributed by atoms with E-state index < -0.39 is 12.6 Å². The first-order valence-corrected chi connectivity index (χ1v) is 9.26. The van der Waals surface area contributed by atoms with Gasteiger partial charge >= 0.3 is 6.18 Å². The molecule has 0 radical (unpaired) electrons. The van der Waals surface area contributed by atoms with Gasteiger partial charge in [-0.3, -0.25) is 9.69 Å². The summed E-state index contributed by atoms with van der Waals surface area (Å²) in [6.45, 7) is 5.30. The van der Waals surface area contributed by atoms with Gasteiger partial charge in [0, 0.05) is 39.6 Å². The summed E-state index contributed by atoms with van der Waals surface area (Å²) in [7, 11) is 3.32. The van der Waals surface area contributed by atoms with Gasteiger partial charge in [-0.15, -0.1) is 24.0 Å². The minimum atomic E-state index is -4.11. The number of amides is 1. The average molecular weight is 507 g/mol. The number of hydrogen-bond acceptors (Lipinski definition) is 3. The van der Waals surface area contributed by atoms with E-state index in [9.17, 15) is 18.0 Å². The lowest BCUT2D eigenvalue weighted by Crippen LogP contribution is -2.45. The molecule has 160 valence electrons. The Morgan fingerprint density at radius 3 is 2.56 bits per heavy atom. The van der Waals surface area contributed by atoms with Gasteiger partial charge in [0.05, 0.1) is 0 Å². The first-order valence-electron chi connectivity index (χ1n) is 9.26. The van der Waals surface area contributed by atoms with E-state index in [0.717, 1.165) is 25.9 Å². The van der Waals surface area contributed by atoms with Crippen LogP contribution in [0, 0.1) is 0 Å². The fourth-order valence-corrected chi connectivity index (χ4v) is 2.88. The van der Waals surface area contributed by atoms with Gasteiger partial charge in [0.2, 0.25) is 5.91 Å². The van der Waals surface area contributed by atoms with Crippen LogP contribution in [-0.2, 0) is 4.79 Å². The Hall–Kier alpha value is -0.780. The first kappa shape index (κ1) is 26.2. The predicted molar refractivity (Wildman–Crippen MR) is 113 cm³/mol. The van der Waals surface area contributed by atoms with Crippen LogP contribution in [0.15, 0.2) is 4.99 Å². The fourth-order valence-electron chi connectivity index (χ4n) is 2.88. The van der Waals surface area contributed by atoms with Crippen LogP contribution in [0.5, 0.6) is 0 Å². The number of halogens is 4. The van der Waals surface area contributed by atoms with Gasteiger partial charge < -0.3 is 15.5 Å². The molecule has 1 fully saturated rings. The van der Waals surface area contributed by atoms with Crippen LogP contribution in [-0.4, -0.2) is 80.7 Å². The molecule has 1 rings (SSSR count). The van der Waals surface area contributed by atoms with Crippen LogP contribution in [0.2, 0.25) is 0 Å². The number of aliphatic imine (C=N–C) groups is 1. The Labute approximate surface area is 177 Å². The van der Waals surface area contributed by atoms with Crippen LogP contribution in [0.1, 0.15) is 39.0 Å². The zero-order valence-electron chi connectivity index (χ0n) is 16.4. The molecule has 1 atom stereocenters. The summed E-state index contributed by atoms with van der Waals surface area (Å²) >= 11 is 0. The highest BCUT2D eigenvalue weighted by atomic mass is 127. The molecule has 2 N–H and O–H groups in total. The van der Waals surface area contributed by atoms with Gasteiger partial charge in [0.1, 0.15) is 6.54 Å². The van der Waals surface area contributed by atoms with Gasteiger partial charge in [-0.05, 0) is 38.8 Å². The van der Waals surface area contributed by atoms with Crippen LogP contribution >= 0.6 is 24.0 Å². The summed E-state index contributed by atoms with van der Waals surface area (Å²) in [5, 5.41) is 6.27. The summed E-state index contributed by atoms with van der Waals surface area (Å²) in [6, 6.07) is 0.418. The van der Waals surface area contributed by atoms with Crippen molar-refractivity contribution in [1.29, 1.82) is 0 Å². The van der Waals surface area contributed by atoms with E-state index >= 15 is 0 Å². The zero-order chi connectivity index (χ0) is 19.6. The van der Waals surface area contributed by atoms with Crippen molar-refractivity contribution < 1.29 is 18.0 Å². The van der Waals surface area contributed by atoms with Crippen LogP contribution in [0.3, 0.4) is 0 Å². The smallest absolute Gasteiger partial charge is 0.356 e. The highest BCUT2D eigenvalue weighted by Crippen LogP contribution is 2.21. The highest BCUT2D eigenvalue weighted by molar-refractivity contribution is 14.0. The molecule has 1 unspecified atom stereocenters. The number of likely N-dealkylation sites (tertiary alicyclic amines) is 1. The van der Waals surface area contributed by atoms with E-state index in [1.165, 1.54) is 4.90 Å². The van der Waals surface area contributed by atoms with Crippen LogP contribution in [0.25, 0.3) is 0 Å². The van der Waals surface area contributed by atoms with Crippen LogP contribution in [0.4, 0.5) is 13.2 Å². The van der Waals surface area contributed by atoms with Crippen LogP contribution < -0.4 is 10.6 Å². The summed E-state index contributed by atoms with van der Waals surface area (Å²) in [6.07, 6.45) is -2.15. The Morgan fingerprint density at radius 2 is 1.96 bits per heavy atom. The van der Waals surface area contributed by atoms with Crippen molar-refractivity contribution in [3.05, 3.63) is 0 Å². The summed E-state index contributed by atoms with van der Waals surface area (Å²) < 4.78 is 36.6. The van der Waals surface area contributed by atoms with Crippen molar-refractivity contribution in [1.82, 2.24) is 20.4 Å². The maximum Gasteiger partial charge on any atom is 0.389 e. The maximum atomic E-state index is 12.2. The Balaban J connectivity index is 0.00000676. The number of nitrogens with one attached hydrogen (secondary N) is 2. The van der Waals surface area contributed by atoms with Gasteiger partial charge in [-0.25, -0.2) is 4.99 Å². The number of rotatable bonds is 9. The molecule has 1 aliphatic rings. The van der Waals surface area contributed by atoms with Crippen molar-refractivity contribution in [2.75, 3.05) is 46.8 Å². The van der Waals surface area contributed by atoms with Crippen molar-refractivity contribution in [2.24, 2.45) is 4.99 Å². The molecule has 6 nitrogen and oxygen atoms in total. The molecule has 1 heterocycles. The highest BCUT2D eigenvalue weighted by Gasteiger charge is 2.26. The summed E-state index contributed by atoms with van der Waals surface area (Å²) in [4.78, 5) is 19.8. The zero-order valence-corrected chi connectivity index (χ0v) is 18.8. The van der Waals surface area contributed by atoms with Crippen molar-refractivity contribution in [2.45, 2.75) is 51.2 Å². The molecule has 1 amide bonds. The molecule has 1 saturated heterocycles. The standard InChI is InChI=1S/C17H32F3N5O.HI/c1-4-25-11-7-8-14(25)12-22-16(23-13-15(26)24(2)3)21-10-6-5-9-17(18,19)20;/h14H,4-13H2,1-3H3,(H2,21,22,23);1H. The first-order chi connectivity index (χ1) is 12.2. The monoisotopic (exact) mass is 507 g/mol. The number of nitrogens with zero attached hydrogens (tertiary/aromatic N) is 3. The molecule has 10 heteroatoms. The van der Waals surface area contributed by atoms with Crippen molar-refractivity contribution in [3.8, 4) is 0 Å². The number of likely N-dealkylation sites (N-methyl/N-ethyl adjacent to an activating group) is 2. The van der Waals surface area contributed by atoms with E-state index in [0.29, 0.717) is 31.5 Å². The minimum absolute atomic E-state index is 0. The number of hydrogen-bond donors (Lipinski definition) is 2.